The van der Waals surface area contributed by atoms with Crippen molar-refractivity contribution in [3.63, 3.8) is 0 Å². The molecule has 0 fully saturated rings. The molecule has 0 amide bonds. The first-order chi connectivity index (χ1) is 13.0. The van der Waals surface area contributed by atoms with E-state index in [-0.39, 0.29) is 0 Å². The number of nitrogens with zero attached hydrogens (tertiary/aromatic N) is 1. The molecule has 1 aromatic rings. The molecule has 1 aromatic carbocycles. The first kappa shape index (κ1) is 19.7. The van der Waals surface area contributed by atoms with Crippen LogP contribution in [0.1, 0.15) is 75.6 Å². The van der Waals surface area contributed by atoms with Gasteiger partial charge in [0.15, 0.2) is 0 Å². The Labute approximate surface area is 166 Å². The zero-order valence-electron chi connectivity index (χ0n) is 17.7. The van der Waals surface area contributed by atoms with Crippen LogP contribution in [0.25, 0.3) is 5.70 Å². The molecule has 2 aliphatic heterocycles. The summed E-state index contributed by atoms with van der Waals surface area (Å²) in [6.07, 6.45) is 13.1. The normalized spacial score (nSPS) is 18.6. The molecule has 0 saturated carbocycles. The minimum absolute atomic E-state index is 0.516. The van der Waals surface area contributed by atoms with Crippen LogP contribution in [-0.2, 0) is 19.3 Å². The predicted octanol–water partition coefficient (Wildman–Crippen LogP) is 6.99. The smallest absolute Gasteiger partial charge is 0.0491 e. The van der Waals surface area contributed by atoms with Gasteiger partial charge in [-0.25, -0.2) is 0 Å². The highest BCUT2D eigenvalue weighted by molar-refractivity contribution is 5.77. The summed E-state index contributed by atoms with van der Waals surface area (Å²) in [6, 6.07) is 5.50. The Kier molecular flexibility index (Phi) is 6.09. The molecular formula is C26H35N. The van der Waals surface area contributed by atoms with Gasteiger partial charge in [0.05, 0.1) is 0 Å². The highest BCUT2D eigenvalue weighted by atomic mass is 15.2. The molecule has 1 heteroatoms. The molecule has 0 aromatic heterocycles. The lowest BCUT2D eigenvalue weighted by atomic mass is 9.83. The lowest BCUT2D eigenvalue weighted by Crippen LogP contribution is -2.37. The fraction of sp³-hybridized carbons (Fsp3) is 0.462. The summed E-state index contributed by atoms with van der Waals surface area (Å²) in [4.78, 5) is 2.48. The van der Waals surface area contributed by atoms with Crippen LogP contribution in [0.2, 0.25) is 0 Å². The average molecular weight is 362 g/mol. The van der Waals surface area contributed by atoms with E-state index in [4.69, 9.17) is 0 Å². The molecule has 0 spiro atoms. The quantitative estimate of drug-likeness (QED) is 0.473. The van der Waals surface area contributed by atoms with Crippen molar-refractivity contribution in [1.29, 1.82) is 0 Å². The molecular weight excluding hydrogens is 326 g/mol. The molecule has 2 heterocycles. The first-order valence-corrected chi connectivity index (χ1v) is 10.7. The second-order valence-corrected chi connectivity index (χ2v) is 8.14. The maximum absolute atomic E-state index is 4.31. The van der Waals surface area contributed by atoms with Crippen molar-refractivity contribution < 1.29 is 0 Å². The van der Waals surface area contributed by atoms with E-state index in [9.17, 15) is 0 Å². The van der Waals surface area contributed by atoms with Crippen LogP contribution >= 0.6 is 0 Å². The maximum Gasteiger partial charge on any atom is 0.0491 e. The molecule has 0 N–H and O–H groups in total. The van der Waals surface area contributed by atoms with Gasteiger partial charge in [-0.05, 0) is 84.6 Å². The van der Waals surface area contributed by atoms with Crippen molar-refractivity contribution in [2.45, 2.75) is 78.7 Å². The van der Waals surface area contributed by atoms with E-state index >= 15 is 0 Å². The summed E-state index contributed by atoms with van der Waals surface area (Å²) in [6.45, 7) is 17.4. The molecule has 0 radical (unpaired) electrons. The highest BCUT2D eigenvalue weighted by Crippen LogP contribution is 2.41. The van der Waals surface area contributed by atoms with Crippen LogP contribution in [0.4, 0.5) is 0 Å². The lowest BCUT2D eigenvalue weighted by molar-refractivity contribution is 0.352. The number of fused-ring (bicyclic) bond motifs is 3. The van der Waals surface area contributed by atoms with E-state index in [2.05, 4.69) is 70.2 Å². The molecule has 1 nitrogen and oxygen atoms in total. The number of hydrogen-bond donors (Lipinski definition) is 0. The fourth-order valence-corrected chi connectivity index (χ4v) is 4.48. The number of aryl methyl sites for hydroxylation is 2. The molecule has 144 valence electrons. The van der Waals surface area contributed by atoms with Crippen molar-refractivity contribution in [3.8, 4) is 0 Å². The van der Waals surface area contributed by atoms with Crippen LogP contribution in [0.3, 0.4) is 0 Å². The van der Waals surface area contributed by atoms with Crippen molar-refractivity contribution >= 4 is 5.70 Å². The number of hydrogen-bond acceptors (Lipinski definition) is 1. The number of allylic oxidation sites excluding steroid dienone is 4. The second-order valence-electron chi connectivity index (χ2n) is 8.14. The zero-order chi connectivity index (χ0) is 19.6. The van der Waals surface area contributed by atoms with E-state index in [1.165, 1.54) is 53.6 Å². The SMILES string of the molecule is C=C(C)C1=CN2C(=CC1=C)c1cc(CC)c(CCCCC)cc1CC2CC. The monoisotopic (exact) mass is 361 g/mol. The summed E-state index contributed by atoms with van der Waals surface area (Å²) in [7, 11) is 0. The van der Waals surface area contributed by atoms with Crippen molar-refractivity contribution in [2.75, 3.05) is 0 Å². The molecule has 3 rings (SSSR count). The Morgan fingerprint density at radius 1 is 1.15 bits per heavy atom. The highest BCUT2D eigenvalue weighted by Gasteiger charge is 2.31. The first-order valence-electron chi connectivity index (χ1n) is 10.7. The standard InChI is InChI=1S/C26H35N/c1-7-10-11-12-21-14-22-15-23(9-3)27-17-25(18(4)5)19(6)13-26(27)24(22)16-20(21)8-2/h13-14,16-17,23H,4,6-12,15H2,1-3,5H3. The topological polar surface area (TPSA) is 3.24 Å². The van der Waals surface area contributed by atoms with Gasteiger partial charge in [0.2, 0.25) is 0 Å². The van der Waals surface area contributed by atoms with E-state index in [1.807, 2.05) is 0 Å². The number of benzene rings is 1. The average Bonchev–Trinajstić information content (AvgIpc) is 2.66. The van der Waals surface area contributed by atoms with Gasteiger partial charge in [-0.3, -0.25) is 0 Å². The van der Waals surface area contributed by atoms with Crippen molar-refractivity contribution in [2.24, 2.45) is 0 Å². The second kappa shape index (κ2) is 8.33. The summed E-state index contributed by atoms with van der Waals surface area (Å²) in [5, 5.41) is 0. The lowest BCUT2D eigenvalue weighted by Gasteiger charge is -2.41. The van der Waals surface area contributed by atoms with E-state index < -0.39 is 0 Å². The Morgan fingerprint density at radius 2 is 1.93 bits per heavy atom. The maximum atomic E-state index is 4.31. The fourth-order valence-electron chi connectivity index (χ4n) is 4.48. The summed E-state index contributed by atoms with van der Waals surface area (Å²) < 4.78 is 0. The van der Waals surface area contributed by atoms with Gasteiger partial charge in [-0.1, -0.05) is 52.8 Å². The molecule has 27 heavy (non-hydrogen) atoms. The molecule has 0 aliphatic carbocycles. The van der Waals surface area contributed by atoms with Gasteiger partial charge >= 0.3 is 0 Å². The largest absolute Gasteiger partial charge is 0.343 e. The van der Waals surface area contributed by atoms with Crippen LogP contribution in [-0.4, -0.2) is 10.9 Å². The predicted molar refractivity (Wildman–Crippen MR) is 119 cm³/mol. The minimum atomic E-state index is 0.516. The number of unbranched alkanes of at least 4 members (excludes halogenated alkanes) is 2. The third kappa shape index (κ3) is 3.83. The van der Waals surface area contributed by atoms with Gasteiger partial charge < -0.3 is 4.90 Å². The van der Waals surface area contributed by atoms with E-state index in [0.29, 0.717) is 6.04 Å². The molecule has 0 bridgehead atoms. The summed E-state index contributed by atoms with van der Waals surface area (Å²) in [5.41, 5.74) is 10.7. The van der Waals surface area contributed by atoms with Gasteiger partial charge in [-0.15, -0.1) is 0 Å². The van der Waals surface area contributed by atoms with Gasteiger partial charge in [0, 0.05) is 23.5 Å². The van der Waals surface area contributed by atoms with Crippen molar-refractivity contribution in [1.82, 2.24) is 4.90 Å². The molecule has 0 saturated heterocycles. The number of rotatable bonds is 7. The van der Waals surface area contributed by atoms with E-state index in [0.717, 1.165) is 30.4 Å². The van der Waals surface area contributed by atoms with Gasteiger partial charge in [-0.2, -0.15) is 0 Å². The molecule has 1 atom stereocenters. The van der Waals surface area contributed by atoms with Crippen molar-refractivity contribution in [3.05, 3.63) is 76.5 Å². The Morgan fingerprint density at radius 3 is 2.56 bits per heavy atom. The third-order valence-corrected chi connectivity index (χ3v) is 6.12. The zero-order valence-corrected chi connectivity index (χ0v) is 17.7. The van der Waals surface area contributed by atoms with Gasteiger partial charge in [0.25, 0.3) is 0 Å². The van der Waals surface area contributed by atoms with Gasteiger partial charge in [0.1, 0.15) is 0 Å². The van der Waals surface area contributed by atoms with Crippen LogP contribution in [0.15, 0.2) is 54.3 Å². The summed E-state index contributed by atoms with van der Waals surface area (Å²) >= 11 is 0. The third-order valence-electron chi connectivity index (χ3n) is 6.12. The Hall–Kier alpha value is -2.02. The summed E-state index contributed by atoms with van der Waals surface area (Å²) in [5.74, 6) is 0. The van der Waals surface area contributed by atoms with Crippen LogP contribution in [0.5, 0.6) is 0 Å². The molecule has 2 aliphatic rings. The Bertz CT molecular complexity index is 806. The molecule has 1 unspecified atom stereocenters. The van der Waals surface area contributed by atoms with Crippen LogP contribution in [0, 0.1) is 0 Å². The van der Waals surface area contributed by atoms with Crippen LogP contribution < -0.4 is 0 Å². The Balaban J connectivity index is 2.04. The minimum Gasteiger partial charge on any atom is -0.343 e. The van der Waals surface area contributed by atoms with E-state index in [1.54, 1.807) is 5.56 Å².